The van der Waals surface area contributed by atoms with Crippen molar-refractivity contribution < 1.29 is 9.53 Å². The topological polar surface area (TPSA) is 44.8 Å². The number of anilines is 2. The second-order valence-corrected chi connectivity index (χ2v) is 8.35. The fraction of sp³-hybridized carbons (Fsp3) is 0.480. The summed E-state index contributed by atoms with van der Waals surface area (Å²) in [6.45, 7) is 8.10. The van der Waals surface area contributed by atoms with E-state index in [0.29, 0.717) is 6.61 Å². The molecule has 1 atom stereocenters. The standard InChI is InChI=1S/C25H33N3O2/c1-2-13-27-14-16-28(17-15-27)22-12-11-21-9-6-10-23(26-24(21)18-22)25(29)30-19-20-7-4-3-5-8-20/h3-5,7-8,11-12,18,23,26H,2,6,9-10,13-17,19H2,1H3. The number of carbonyl (C=O) groups is 1. The third-order valence-corrected chi connectivity index (χ3v) is 6.15. The Morgan fingerprint density at radius 3 is 2.67 bits per heavy atom. The van der Waals surface area contributed by atoms with Crippen LogP contribution in [-0.2, 0) is 22.6 Å². The summed E-state index contributed by atoms with van der Waals surface area (Å²) < 4.78 is 5.60. The number of fused-ring (bicyclic) bond motifs is 1. The summed E-state index contributed by atoms with van der Waals surface area (Å²) in [7, 11) is 0. The van der Waals surface area contributed by atoms with Gasteiger partial charge in [0.2, 0.25) is 0 Å². The van der Waals surface area contributed by atoms with Crippen LogP contribution < -0.4 is 10.2 Å². The van der Waals surface area contributed by atoms with Crippen LogP contribution >= 0.6 is 0 Å². The lowest BCUT2D eigenvalue weighted by Gasteiger charge is -2.36. The number of nitrogens with zero attached hydrogens (tertiary/aromatic N) is 2. The van der Waals surface area contributed by atoms with Crippen LogP contribution in [0.3, 0.4) is 0 Å². The second kappa shape index (κ2) is 9.98. The molecule has 2 aromatic carbocycles. The number of benzene rings is 2. The number of rotatable bonds is 6. The van der Waals surface area contributed by atoms with Gasteiger partial charge in [-0.3, -0.25) is 4.90 Å². The van der Waals surface area contributed by atoms with Crippen LogP contribution in [0.4, 0.5) is 11.4 Å². The van der Waals surface area contributed by atoms with Crippen LogP contribution in [0.2, 0.25) is 0 Å². The van der Waals surface area contributed by atoms with Gasteiger partial charge in [-0.1, -0.05) is 43.3 Å². The largest absolute Gasteiger partial charge is 0.459 e. The number of ether oxygens (including phenoxy) is 1. The Morgan fingerprint density at radius 2 is 1.90 bits per heavy atom. The van der Waals surface area contributed by atoms with E-state index in [0.717, 1.165) is 56.7 Å². The highest BCUT2D eigenvalue weighted by Crippen LogP contribution is 2.30. The summed E-state index contributed by atoms with van der Waals surface area (Å²) in [5.41, 5.74) is 4.64. The van der Waals surface area contributed by atoms with E-state index in [9.17, 15) is 4.79 Å². The van der Waals surface area contributed by atoms with Gasteiger partial charge >= 0.3 is 5.97 Å². The van der Waals surface area contributed by atoms with Gasteiger partial charge in [-0.25, -0.2) is 4.79 Å². The molecular formula is C25H33N3O2. The molecule has 2 aliphatic heterocycles. The van der Waals surface area contributed by atoms with Gasteiger partial charge in [-0.2, -0.15) is 0 Å². The monoisotopic (exact) mass is 407 g/mol. The van der Waals surface area contributed by atoms with Gasteiger partial charge in [-0.05, 0) is 55.5 Å². The van der Waals surface area contributed by atoms with Crippen molar-refractivity contribution in [2.75, 3.05) is 42.9 Å². The lowest BCUT2D eigenvalue weighted by molar-refractivity contribution is -0.146. The Labute approximate surface area is 180 Å². The molecule has 1 fully saturated rings. The molecule has 2 aliphatic rings. The second-order valence-electron chi connectivity index (χ2n) is 8.35. The van der Waals surface area contributed by atoms with Crippen molar-refractivity contribution in [3.05, 3.63) is 59.7 Å². The average Bonchev–Trinajstić information content (AvgIpc) is 3.01. The van der Waals surface area contributed by atoms with E-state index in [-0.39, 0.29) is 12.0 Å². The summed E-state index contributed by atoms with van der Waals surface area (Å²) in [6.07, 6.45) is 3.99. The third kappa shape index (κ3) is 5.14. The molecule has 160 valence electrons. The van der Waals surface area contributed by atoms with E-state index in [2.05, 4.69) is 40.2 Å². The van der Waals surface area contributed by atoms with Crippen LogP contribution in [0, 0.1) is 0 Å². The van der Waals surface area contributed by atoms with Crippen LogP contribution in [0.5, 0.6) is 0 Å². The Kier molecular flexibility index (Phi) is 6.90. The fourth-order valence-electron chi connectivity index (χ4n) is 4.42. The smallest absolute Gasteiger partial charge is 0.328 e. The molecule has 0 bridgehead atoms. The number of esters is 1. The Bertz CT molecular complexity index is 832. The first-order chi connectivity index (χ1) is 14.7. The molecule has 0 radical (unpaired) electrons. The first kappa shape index (κ1) is 20.7. The van der Waals surface area contributed by atoms with Gasteiger partial charge in [-0.15, -0.1) is 0 Å². The molecule has 0 aliphatic carbocycles. The van der Waals surface area contributed by atoms with Gasteiger partial charge in [0.1, 0.15) is 12.6 Å². The van der Waals surface area contributed by atoms with Crippen molar-refractivity contribution >= 4 is 17.3 Å². The van der Waals surface area contributed by atoms with E-state index < -0.39 is 0 Å². The Balaban J connectivity index is 1.39. The molecule has 0 spiro atoms. The number of piperazine rings is 1. The van der Waals surface area contributed by atoms with Crippen molar-refractivity contribution in [2.24, 2.45) is 0 Å². The summed E-state index contributed by atoms with van der Waals surface area (Å²) in [4.78, 5) is 17.7. The summed E-state index contributed by atoms with van der Waals surface area (Å²) in [5.74, 6) is -0.162. The summed E-state index contributed by atoms with van der Waals surface area (Å²) in [6, 6.07) is 16.3. The maximum atomic E-state index is 12.7. The molecule has 4 rings (SSSR count). The zero-order valence-electron chi connectivity index (χ0n) is 18.0. The molecule has 5 heteroatoms. The van der Waals surface area contributed by atoms with Crippen molar-refractivity contribution in [3.63, 3.8) is 0 Å². The van der Waals surface area contributed by atoms with E-state index in [1.54, 1.807) is 0 Å². The zero-order valence-corrected chi connectivity index (χ0v) is 18.0. The molecule has 1 unspecified atom stereocenters. The van der Waals surface area contributed by atoms with Crippen LogP contribution in [-0.4, -0.2) is 49.6 Å². The molecule has 0 saturated carbocycles. The predicted molar refractivity (Wildman–Crippen MR) is 122 cm³/mol. The minimum Gasteiger partial charge on any atom is -0.459 e. The van der Waals surface area contributed by atoms with Gasteiger partial charge in [0, 0.05) is 37.6 Å². The molecule has 2 aromatic rings. The van der Waals surface area contributed by atoms with Crippen molar-refractivity contribution in [1.82, 2.24) is 4.90 Å². The number of hydrogen-bond acceptors (Lipinski definition) is 5. The van der Waals surface area contributed by atoms with Crippen molar-refractivity contribution in [1.29, 1.82) is 0 Å². The quantitative estimate of drug-likeness (QED) is 0.731. The van der Waals surface area contributed by atoms with Crippen molar-refractivity contribution in [3.8, 4) is 0 Å². The van der Waals surface area contributed by atoms with Crippen LogP contribution in [0.1, 0.15) is 37.3 Å². The van der Waals surface area contributed by atoms with E-state index in [1.807, 2.05) is 30.3 Å². The highest BCUT2D eigenvalue weighted by atomic mass is 16.5. The predicted octanol–water partition coefficient (Wildman–Crippen LogP) is 4.08. The van der Waals surface area contributed by atoms with Gasteiger partial charge in [0.25, 0.3) is 0 Å². The lowest BCUT2D eigenvalue weighted by Crippen LogP contribution is -2.46. The highest BCUT2D eigenvalue weighted by Gasteiger charge is 2.25. The maximum absolute atomic E-state index is 12.7. The normalized spacial score (nSPS) is 19.5. The van der Waals surface area contributed by atoms with E-state index >= 15 is 0 Å². The van der Waals surface area contributed by atoms with Crippen LogP contribution in [0.25, 0.3) is 0 Å². The van der Waals surface area contributed by atoms with E-state index in [4.69, 9.17) is 4.74 Å². The zero-order chi connectivity index (χ0) is 20.8. The minimum absolute atomic E-state index is 0.162. The molecule has 1 saturated heterocycles. The number of nitrogens with one attached hydrogen (secondary N) is 1. The first-order valence-electron chi connectivity index (χ1n) is 11.3. The molecule has 2 heterocycles. The number of hydrogen-bond donors (Lipinski definition) is 1. The number of aryl methyl sites for hydroxylation is 1. The van der Waals surface area contributed by atoms with Gasteiger partial charge in [0.15, 0.2) is 0 Å². The molecule has 0 amide bonds. The summed E-state index contributed by atoms with van der Waals surface area (Å²) in [5, 5.41) is 3.49. The third-order valence-electron chi connectivity index (χ3n) is 6.15. The number of carbonyl (C=O) groups excluding carboxylic acids is 1. The minimum atomic E-state index is -0.286. The van der Waals surface area contributed by atoms with Crippen molar-refractivity contribution in [2.45, 2.75) is 45.3 Å². The summed E-state index contributed by atoms with van der Waals surface area (Å²) >= 11 is 0. The Hall–Kier alpha value is -2.53. The molecule has 5 nitrogen and oxygen atoms in total. The molecular weight excluding hydrogens is 374 g/mol. The first-order valence-corrected chi connectivity index (χ1v) is 11.3. The Morgan fingerprint density at radius 1 is 1.10 bits per heavy atom. The molecule has 0 aromatic heterocycles. The average molecular weight is 408 g/mol. The lowest BCUT2D eigenvalue weighted by atomic mass is 10.1. The fourth-order valence-corrected chi connectivity index (χ4v) is 4.42. The maximum Gasteiger partial charge on any atom is 0.328 e. The highest BCUT2D eigenvalue weighted by molar-refractivity contribution is 5.80. The van der Waals surface area contributed by atoms with Crippen LogP contribution in [0.15, 0.2) is 48.5 Å². The van der Waals surface area contributed by atoms with Gasteiger partial charge in [0.05, 0.1) is 0 Å². The van der Waals surface area contributed by atoms with E-state index in [1.165, 1.54) is 24.2 Å². The SMILES string of the molecule is CCCN1CCN(c2ccc3c(c2)NC(C(=O)OCc2ccccc2)CCC3)CC1. The molecule has 30 heavy (non-hydrogen) atoms. The molecule has 1 N–H and O–H groups in total. The van der Waals surface area contributed by atoms with Gasteiger partial charge < -0.3 is 15.0 Å².